The standard InChI is InChI=1S/C19H16FIOS/c1-12-9-18(22-2)17(21)11-14(12)10-16-7-8-19(23-16)13-3-5-15(20)6-4-13/h3-9,11H,10H2,1-2H3. The van der Waals surface area contributed by atoms with E-state index in [1.807, 2.05) is 12.1 Å². The predicted molar refractivity (Wildman–Crippen MR) is 103 cm³/mol. The van der Waals surface area contributed by atoms with E-state index in [1.165, 1.54) is 33.0 Å². The van der Waals surface area contributed by atoms with Crippen LogP contribution in [0.2, 0.25) is 0 Å². The zero-order valence-corrected chi connectivity index (χ0v) is 15.9. The molecule has 0 bridgehead atoms. The summed E-state index contributed by atoms with van der Waals surface area (Å²) >= 11 is 4.06. The van der Waals surface area contributed by atoms with E-state index < -0.39 is 0 Å². The Kier molecular flexibility index (Phi) is 5.02. The minimum atomic E-state index is -0.200. The van der Waals surface area contributed by atoms with Gasteiger partial charge in [-0.3, -0.25) is 0 Å². The highest BCUT2D eigenvalue weighted by atomic mass is 127. The van der Waals surface area contributed by atoms with Gasteiger partial charge >= 0.3 is 0 Å². The third kappa shape index (κ3) is 3.75. The van der Waals surface area contributed by atoms with Crippen molar-refractivity contribution in [3.63, 3.8) is 0 Å². The molecule has 0 saturated carbocycles. The van der Waals surface area contributed by atoms with Crippen LogP contribution in [-0.2, 0) is 6.42 Å². The number of ether oxygens (including phenoxy) is 1. The van der Waals surface area contributed by atoms with E-state index in [2.05, 4.69) is 53.8 Å². The maximum atomic E-state index is 13.0. The molecule has 0 amide bonds. The number of hydrogen-bond acceptors (Lipinski definition) is 2. The summed E-state index contributed by atoms with van der Waals surface area (Å²) in [5.74, 6) is 0.721. The van der Waals surface area contributed by atoms with Crippen LogP contribution in [-0.4, -0.2) is 7.11 Å². The lowest BCUT2D eigenvalue weighted by Gasteiger charge is -2.09. The Hall–Kier alpha value is -1.40. The molecule has 1 nitrogen and oxygen atoms in total. The van der Waals surface area contributed by atoms with Crippen molar-refractivity contribution in [1.82, 2.24) is 0 Å². The van der Waals surface area contributed by atoms with Crippen molar-refractivity contribution in [2.24, 2.45) is 0 Å². The van der Waals surface area contributed by atoms with Gasteiger partial charge in [-0.15, -0.1) is 11.3 Å². The summed E-state index contributed by atoms with van der Waals surface area (Å²) in [6, 6.07) is 15.2. The highest BCUT2D eigenvalue weighted by molar-refractivity contribution is 14.1. The van der Waals surface area contributed by atoms with Crippen molar-refractivity contribution in [2.45, 2.75) is 13.3 Å². The van der Waals surface area contributed by atoms with Gasteiger partial charge < -0.3 is 4.74 Å². The van der Waals surface area contributed by atoms with Crippen LogP contribution >= 0.6 is 33.9 Å². The smallest absolute Gasteiger partial charge is 0.132 e. The first-order valence-corrected chi connectivity index (χ1v) is 9.14. The van der Waals surface area contributed by atoms with Crippen molar-refractivity contribution in [3.05, 3.63) is 73.9 Å². The van der Waals surface area contributed by atoms with Crippen LogP contribution in [0.4, 0.5) is 4.39 Å². The molecule has 23 heavy (non-hydrogen) atoms. The van der Waals surface area contributed by atoms with Gasteiger partial charge in [0.1, 0.15) is 11.6 Å². The Morgan fingerprint density at radius 1 is 1.09 bits per heavy atom. The molecule has 0 atom stereocenters. The maximum Gasteiger partial charge on any atom is 0.132 e. The zero-order chi connectivity index (χ0) is 16.4. The number of rotatable bonds is 4. The number of halogens is 2. The molecule has 3 aromatic rings. The first-order valence-electron chi connectivity index (χ1n) is 7.24. The Labute approximate surface area is 153 Å². The second-order valence-corrected chi connectivity index (χ2v) is 7.69. The van der Waals surface area contributed by atoms with E-state index in [-0.39, 0.29) is 5.82 Å². The molecule has 0 aliphatic carbocycles. The van der Waals surface area contributed by atoms with E-state index in [0.717, 1.165) is 21.3 Å². The van der Waals surface area contributed by atoms with Gasteiger partial charge in [0.15, 0.2) is 0 Å². The second kappa shape index (κ2) is 7.01. The van der Waals surface area contributed by atoms with Crippen LogP contribution in [0.15, 0.2) is 48.5 Å². The van der Waals surface area contributed by atoms with Crippen molar-refractivity contribution >= 4 is 33.9 Å². The molecule has 2 aromatic carbocycles. The first-order chi connectivity index (χ1) is 11.1. The Balaban J connectivity index is 1.84. The van der Waals surface area contributed by atoms with E-state index >= 15 is 0 Å². The molecule has 0 unspecified atom stereocenters. The van der Waals surface area contributed by atoms with Gasteiger partial charge in [-0.25, -0.2) is 4.39 Å². The first kappa shape index (κ1) is 16.5. The van der Waals surface area contributed by atoms with E-state index in [1.54, 1.807) is 18.4 Å². The van der Waals surface area contributed by atoms with Gasteiger partial charge in [0.05, 0.1) is 10.7 Å². The summed E-state index contributed by atoms with van der Waals surface area (Å²) in [4.78, 5) is 2.47. The molecule has 0 saturated heterocycles. The Morgan fingerprint density at radius 3 is 2.52 bits per heavy atom. The monoisotopic (exact) mass is 438 g/mol. The SMILES string of the molecule is COc1cc(C)c(Cc2ccc(-c3ccc(F)cc3)s2)cc1I. The van der Waals surface area contributed by atoms with Crippen molar-refractivity contribution in [2.75, 3.05) is 7.11 Å². The molecule has 1 heterocycles. The summed E-state index contributed by atoms with van der Waals surface area (Å²) in [5.41, 5.74) is 3.60. The zero-order valence-electron chi connectivity index (χ0n) is 12.9. The largest absolute Gasteiger partial charge is 0.496 e. The second-order valence-electron chi connectivity index (χ2n) is 5.36. The van der Waals surface area contributed by atoms with Crippen molar-refractivity contribution < 1.29 is 9.13 Å². The molecule has 3 rings (SSSR count). The molecule has 118 valence electrons. The third-order valence-electron chi connectivity index (χ3n) is 3.77. The van der Waals surface area contributed by atoms with Crippen LogP contribution in [0.3, 0.4) is 0 Å². The molecule has 0 N–H and O–H groups in total. The number of thiophene rings is 1. The highest BCUT2D eigenvalue weighted by Gasteiger charge is 2.09. The number of benzene rings is 2. The van der Waals surface area contributed by atoms with Gasteiger partial charge in [-0.05, 0) is 82.6 Å². The van der Waals surface area contributed by atoms with Crippen LogP contribution in [0.1, 0.15) is 16.0 Å². The average molecular weight is 438 g/mol. The minimum Gasteiger partial charge on any atom is -0.496 e. The Bertz CT molecular complexity index is 824. The summed E-state index contributed by atoms with van der Waals surface area (Å²) in [7, 11) is 1.70. The van der Waals surface area contributed by atoms with Crippen LogP contribution in [0.5, 0.6) is 5.75 Å². The molecular weight excluding hydrogens is 422 g/mol. The summed E-state index contributed by atoms with van der Waals surface area (Å²) in [5, 5.41) is 0. The van der Waals surface area contributed by atoms with Gasteiger partial charge in [0, 0.05) is 16.2 Å². The van der Waals surface area contributed by atoms with E-state index in [4.69, 9.17) is 4.74 Å². The van der Waals surface area contributed by atoms with Crippen LogP contribution in [0, 0.1) is 16.3 Å². The van der Waals surface area contributed by atoms with Gasteiger partial charge in [0.2, 0.25) is 0 Å². The van der Waals surface area contributed by atoms with Crippen LogP contribution in [0.25, 0.3) is 10.4 Å². The summed E-state index contributed by atoms with van der Waals surface area (Å²) in [6.45, 7) is 2.11. The fraction of sp³-hybridized carbons (Fsp3) is 0.158. The summed E-state index contributed by atoms with van der Waals surface area (Å²) in [6.07, 6.45) is 0.900. The summed E-state index contributed by atoms with van der Waals surface area (Å²) < 4.78 is 19.5. The fourth-order valence-electron chi connectivity index (χ4n) is 2.47. The highest BCUT2D eigenvalue weighted by Crippen LogP contribution is 2.31. The fourth-order valence-corrected chi connectivity index (χ4v) is 4.26. The van der Waals surface area contributed by atoms with Gasteiger partial charge in [-0.2, -0.15) is 0 Å². The molecule has 0 aliphatic heterocycles. The molecule has 0 spiro atoms. The number of methoxy groups -OCH3 is 1. The topological polar surface area (TPSA) is 9.23 Å². The quantitative estimate of drug-likeness (QED) is 0.450. The lowest BCUT2D eigenvalue weighted by Crippen LogP contribution is -1.94. The lowest BCUT2D eigenvalue weighted by atomic mass is 10.0. The van der Waals surface area contributed by atoms with E-state index in [9.17, 15) is 4.39 Å². The maximum absolute atomic E-state index is 13.0. The third-order valence-corrected chi connectivity index (χ3v) is 5.74. The molecule has 1 aromatic heterocycles. The normalized spacial score (nSPS) is 10.8. The Morgan fingerprint density at radius 2 is 1.83 bits per heavy atom. The molecule has 4 heteroatoms. The lowest BCUT2D eigenvalue weighted by molar-refractivity contribution is 0.411. The number of hydrogen-bond donors (Lipinski definition) is 0. The van der Waals surface area contributed by atoms with Gasteiger partial charge in [-0.1, -0.05) is 12.1 Å². The molecular formula is C19H16FIOS. The van der Waals surface area contributed by atoms with Crippen molar-refractivity contribution in [1.29, 1.82) is 0 Å². The number of aryl methyl sites for hydroxylation is 1. The molecule has 0 fully saturated rings. The minimum absolute atomic E-state index is 0.200. The molecule has 0 aliphatic rings. The predicted octanol–water partition coefficient (Wildman–Crippen LogP) is 6.07. The van der Waals surface area contributed by atoms with Crippen LogP contribution < -0.4 is 4.74 Å². The molecule has 0 radical (unpaired) electrons. The van der Waals surface area contributed by atoms with Crippen molar-refractivity contribution in [3.8, 4) is 16.2 Å². The average Bonchev–Trinajstić information content (AvgIpc) is 3.00. The van der Waals surface area contributed by atoms with E-state index in [0.29, 0.717) is 0 Å². The van der Waals surface area contributed by atoms with Gasteiger partial charge in [0.25, 0.3) is 0 Å².